The van der Waals surface area contributed by atoms with Crippen molar-refractivity contribution in [2.45, 2.75) is 104 Å². The van der Waals surface area contributed by atoms with Gasteiger partial charge in [-0.3, -0.25) is 38.6 Å². The Morgan fingerprint density at radius 3 is 2.39 bits per heavy atom. The molecule has 2 heterocycles. The molecule has 10 N–H and O–H groups in total. The molecule has 17 heteroatoms. The van der Waals surface area contributed by atoms with Gasteiger partial charge in [0.1, 0.15) is 6.04 Å². The normalized spacial score (nSPS) is 20.0. The lowest BCUT2D eigenvalue weighted by Gasteiger charge is -2.25. The number of ketones is 2. The number of primary amides is 1. The van der Waals surface area contributed by atoms with E-state index in [1.165, 1.54) is 6.07 Å². The van der Waals surface area contributed by atoms with Crippen LogP contribution in [0.1, 0.15) is 106 Å². The van der Waals surface area contributed by atoms with Gasteiger partial charge in [0.05, 0.1) is 22.3 Å². The van der Waals surface area contributed by atoms with E-state index in [1.807, 2.05) is 13.8 Å². The van der Waals surface area contributed by atoms with E-state index in [-0.39, 0.29) is 65.9 Å². The van der Waals surface area contributed by atoms with E-state index in [0.717, 1.165) is 11.3 Å². The minimum Gasteiger partial charge on any atom is -0.370 e. The number of thiazole rings is 1. The lowest BCUT2D eigenvalue weighted by molar-refractivity contribution is -0.134. The van der Waals surface area contributed by atoms with Gasteiger partial charge in [0.15, 0.2) is 16.8 Å². The Hall–Kier alpha value is -4.93. The Bertz CT molecular complexity index is 1720. The predicted molar refractivity (Wildman–Crippen MR) is 206 cm³/mol. The third-order valence-corrected chi connectivity index (χ3v) is 10.2. The average molecular weight is 770 g/mol. The number of Topliss-reactive ketones (excluding diaryl/α,β-unsaturated/α-hetero) is 2. The summed E-state index contributed by atoms with van der Waals surface area (Å²) in [5, 5.41) is 11.2. The molecule has 2 unspecified atom stereocenters. The van der Waals surface area contributed by atoms with Crippen LogP contribution in [0.3, 0.4) is 0 Å². The summed E-state index contributed by atoms with van der Waals surface area (Å²) in [7, 11) is 0. The van der Waals surface area contributed by atoms with E-state index in [2.05, 4.69) is 31.2 Å². The number of amides is 5. The second-order valence-electron chi connectivity index (χ2n) is 14.7. The Morgan fingerprint density at radius 2 is 1.74 bits per heavy atom. The Kier molecular flexibility index (Phi) is 16.5. The maximum absolute atomic E-state index is 14.1. The highest BCUT2D eigenvalue weighted by Gasteiger charge is 2.33. The summed E-state index contributed by atoms with van der Waals surface area (Å²) in [6.45, 7) is 9.56. The summed E-state index contributed by atoms with van der Waals surface area (Å²) < 4.78 is 0.535. The molecule has 1 saturated heterocycles. The zero-order chi connectivity index (χ0) is 40.1. The van der Waals surface area contributed by atoms with Crippen molar-refractivity contribution in [2.24, 2.45) is 45.9 Å². The number of fused-ring (bicyclic) bond motifs is 1. The number of carbonyl (C=O) groups excluding carboxylic acids is 7. The molecular weight excluding hydrogens is 715 g/mol. The average Bonchev–Trinajstić information content (AvgIpc) is 3.53. The third-order valence-electron chi connectivity index (χ3n) is 9.17. The lowest BCUT2D eigenvalue weighted by atomic mass is 9.89. The molecule has 1 fully saturated rings. The van der Waals surface area contributed by atoms with Crippen LogP contribution in [0.5, 0.6) is 0 Å². The van der Waals surface area contributed by atoms with Gasteiger partial charge < -0.3 is 38.5 Å². The highest BCUT2D eigenvalue weighted by molar-refractivity contribution is 7.20. The van der Waals surface area contributed by atoms with E-state index < -0.39 is 59.4 Å². The summed E-state index contributed by atoms with van der Waals surface area (Å²) in [4.78, 5) is 101. The smallest absolute Gasteiger partial charge is 0.251 e. The van der Waals surface area contributed by atoms with Crippen LogP contribution in [-0.4, -0.2) is 83.3 Å². The molecule has 2 aromatic rings. The number of nitrogens with zero attached hydrogens (tertiary/aromatic N) is 2. The van der Waals surface area contributed by atoms with Crippen LogP contribution in [0.2, 0.25) is 0 Å². The summed E-state index contributed by atoms with van der Waals surface area (Å²) in [6.07, 6.45) is 2.08. The van der Waals surface area contributed by atoms with Gasteiger partial charge in [-0.1, -0.05) is 41.0 Å². The molecule has 5 atom stereocenters. The highest BCUT2D eigenvalue weighted by atomic mass is 32.1. The molecule has 5 amide bonds. The first-order valence-corrected chi connectivity index (χ1v) is 19.3. The summed E-state index contributed by atoms with van der Waals surface area (Å²) in [5.41, 5.74) is 17.1. The van der Waals surface area contributed by atoms with E-state index in [9.17, 15) is 33.6 Å². The van der Waals surface area contributed by atoms with Gasteiger partial charge in [0.2, 0.25) is 29.4 Å². The van der Waals surface area contributed by atoms with Crippen molar-refractivity contribution in [2.75, 3.05) is 13.1 Å². The quantitative estimate of drug-likeness (QED) is 0.0632. The monoisotopic (exact) mass is 769 g/mol. The maximum Gasteiger partial charge on any atom is 0.251 e. The highest BCUT2D eigenvalue weighted by Crippen LogP contribution is 2.26. The van der Waals surface area contributed by atoms with E-state index in [1.54, 1.807) is 32.9 Å². The number of aromatic nitrogens is 1. The molecule has 1 aliphatic rings. The fraction of sp³-hybridized carbons (Fsp3) is 0.595. The van der Waals surface area contributed by atoms with Crippen molar-refractivity contribution in [3.8, 4) is 0 Å². The second-order valence-corrected chi connectivity index (χ2v) is 15.7. The number of nitrogens with one attached hydrogen (secondary N) is 4. The number of hydrogen-bond acceptors (Lipinski definition) is 10. The second kappa shape index (κ2) is 20.5. The first kappa shape index (κ1) is 43.5. The first-order valence-electron chi connectivity index (χ1n) is 18.5. The van der Waals surface area contributed by atoms with Gasteiger partial charge in [0.25, 0.3) is 5.91 Å². The fourth-order valence-electron chi connectivity index (χ4n) is 6.13. The van der Waals surface area contributed by atoms with Crippen molar-refractivity contribution >= 4 is 68.6 Å². The van der Waals surface area contributed by atoms with Crippen LogP contribution in [0.4, 0.5) is 0 Å². The fourth-order valence-corrected chi connectivity index (χ4v) is 7.13. The summed E-state index contributed by atoms with van der Waals surface area (Å²) in [6, 6.07) is 1.93. The molecule has 0 aliphatic carbocycles. The molecule has 3 rings (SSSR count). The van der Waals surface area contributed by atoms with Crippen LogP contribution >= 0.6 is 11.3 Å². The molecule has 0 spiro atoms. The zero-order valence-corrected chi connectivity index (χ0v) is 32.6. The van der Waals surface area contributed by atoms with Gasteiger partial charge >= 0.3 is 0 Å². The Labute approximate surface area is 319 Å². The molecule has 0 bridgehead atoms. The predicted octanol–water partition coefficient (Wildman–Crippen LogP) is 1.69. The third kappa shape index (κ3) is 13.2. The molecular formula is C37H55N9O7S. The lowest BCUT2D eigenvalue weighted by Crippen LogP contribution is -2.47. The van der Waals surface area contributed by atoms with Crippen molar-refractivity contribution in [3.05, 3.63) is 28.8 Å². The standard InChI is InChI=1S/C37H55N9O7S/c1-19(2)15-26-27(47)17-22(9-6-7-13-41-29(48)16-21(5)33(51)44-26)34(52)43-25(10-8-14-42-37(39)40)31(49)36-45-24-12-11-23(18-28(24)54-36)35(53)46-30(20(3)4)32(38)50/h11-12,18-22,25-26,30H,6-10,13-17H2,1-5H3,(H2,38,50)(H,41,48)(H,43,52)(H,44,51)(H,46,53)(H4,39,40,42)/t21-,22?,25-,26-,30?/m0/s1. The van der Waals surface area contributed by atoms with Gasteiger partial charge in [-0.05, 0) is 62.1 Å². The molecule has 54 heavy (non-hydrogen) atoms. The number of benzene rings is 1. The van der Waals surface area contributed by atoms with Crippen molar-refractivity contribution in [3.63, 3.8) is 0 Å². The topological polar surface area (TPSA) is 271 Å². The van der Waals surface area contributed by atoms with Crippen LogP contribution in [0.25, 0.3) is 10.2 Å². The van der Waals surface area contributed by atoms with Crippen LogP contribution in [0, 0.1) is 23.7 Å². The van der Waals surface area contributed by atoms with Gasteiger partial charge in [-0.25, -0.2) is 4.98 Å². The molecule has 0 saturated carbocycles. The zero-order valence-electron chi connectivity index (χ0n) is 31.7. The molecule has 1 aliphatic heterocycles. The number of rotatable bonds is 14. The Balaban J connectivity index is 1.89. The van der Waals surface area contributed by atoms with Crippen molar-refractivity contribution in [1.82, 2.24) is 26.3 Å². The van der Waals surface area contributed by atoms with E-state index in [0.29, 0.717) is 48.9 Å². The molecule has 1 aromatic heterocycles. The van der Waals surface area contributed by atoms with Gasteiger partial charge in [-0.2, -0.15) is 0 Å². The van der Waals surface area contributed by atoms with Gasteiger partial charge in [0, 0.05) is 43.3 Å². The number of carbonyl (C=O) groups is 7. The van der Waals surface area contributed by atoms with Crippen molar-refractivity contribution < 1.29 is 33.6 Å². The van der Waals surface area contributed by atoms with E-state index in [4.69, 9.17) is 17.2 Å². The van der Waals surface area contributed by atoms with Gasteiger partial charge in [-0.15, -0.1) is 11.3 Å². The number of hydrogen-bond donors (Lipinski definition) is 7. The minimum absolute atomic E-state index is 0.00111. The van der Waals surface area contributed by atoms with Crippen LogP contribution in [0.15, 0.2) is 23.2 Å². The largest absolute Gasteiger partial charge is 0.370 e. The maximum atomic E-state index is 14.1. The summed E-state index contributed by atoms with van der Waals surface area (Å²) >= 11 is 1.05. The molecule has 1 aromatic carbocycles. The first-order chi connectivity index (χ1) is 25.5. The SMILES string of the molecule is CC(C)C[C@@H]1NC(=O)[C@@H](C)CC(=O)NCCCCC(C(=O)N[C@@H](CCCN=C(N)N)C(=O)c2nc3ccc(C(=O)NC(C(N)=O)C(C)C)cc3s2)CC1=O. The van der Waals surface area contributed by atoms with E-state index >= 15 is 0 Å². The number of aliphatic imine (C=N–C) groups is 1. The molecule has 0 radical (unpaired) electrons. The summed E-state index contributed by atoms with van der Waals surface area (Å²) in [5.74, 6) is -4.88. The molecule has 296 valence electrons. The molecule has 16 nitrogen and oxygen atoms in total. The van der Waals surface area contributed by atoms with Crippen LogP contribution in [-0.2, 0) is 24.0 Å². The Morgan fingerprint density at radius 1 is 1.02 bits per heavy atom. The van der Waals surface area contributed by atoms with Crippen molar-refractivity contribution in [1.29, 1.82) is 0 Å². The number of guanidine groups is 1. The van der Waals surface area contributed by atoms with Crippen LogP contribution < -0.4 is 38.5 Å². The number of nitrogens with two attached hydrogens (primary N) is 3. The minimum atomic E-state index is -1.05.